The quantitative estimate of drug-likeness (QED) is 0.0230. The van der Waals surface area contributed by atoms with Gasteiger partial charge in [-0.05, 0) is 44.9 Å². The van der Waals surface area contributed by atoms with E-state index in [0.29, 0.717) is 19.3 Å². The maximum atomic E-state index is 12.6. The van der Waals surface area contributed by atoms with Crippen LogP contribution in [-0.2, 0) is 37.5 Å². The molecule has 0 saturated heterocycles. The number of esters is 2. The van der Waals surface area contributed by atoms with Crippen LogP contribution in [0.3, 0.4) is 0 Å². The normalized spacial score (nSPS) is 13.8. The van der Waals surface area contributed by atoms with Gasteiger partial charge in [-0.3, -0.25) is 23.4 Å². The number of hydrogen-bond donors (Lipinski definition) is 3. The van der Waals surface area contributed by atoms with Crippen LogP contribution in [0.5, 0.6) is 0 Å². The van der Waals surface area contributed by atoms with E-state index in [1.165, 1.54) is 148 Å². The molecule has 352 valence electrons. The van der Waals surface area contributed by atoms with Gasteiger partial charge in [0.2, 0.25) is 0 Å². The smallest absolute Gasteiger partial charge is 0.472 e. The van der Waals surface area contributed by atoms with E-state index < -0.39 is 51.1 Å². The highest BCUT2D eigenvalue weighted by Crippen LogP contribution is 2.43. The average molecular weight is 872 g/mol. The van der Waals surface area contributed by atoms with Gasteiger partial charge in [0, 0.05) is 12.8 Å². The first-order valence-electron chi connectivity index (χ1n) is 24.4. The molecule has 0 saturated carbocycles. The van der Waals surface area contributed by atoms with Crippen molar-refractivity contribution in [3.8, 4) is 0 Å². The van der Waals surface area contributed by atoms with E-state index in [1.54, 1.807) is 0 Å². The fourth-order valence-electron chi connectivity index (χ4n) is 6.85. The number of ether oxygens (including phenoxy) is 2. The predicted octanol–water partition coefficient (Wildman–Crippen LogP) is 13.4. The second-order valence-corrected chi connectivity index (χ2v) is 18.0. The van der Waals surface area contributed by atoms with Gasteiger partial charge in [-0.2, -0.15) is 0 Å². The highest BCUT2D eigenvalue weighted by Gasteiger charge is 2.28. The summed E-state index contributed by atoms with van der Waals surface area (Å²) >= 11 is 0. The first-order valence-corrected chi connectivity index (χ1v) is 25.9. The van der Waals surface area contributed by atoms with Gasteiger partial charge >= 0.3 is 25.7 Å². The number of carboxylic acid groups (broad SMARTS) is 1. The maximum Gasteiger partial charge on any atom is 0.472 e. The van der Waals surface area contributed by atoms with Gasteiger partial charge in [0.25, 0.3) is 0 Å². The molecule has 4 N–H and O–H groups in total. The minimum Gasteiger partial charge on any atom is -0.480 e. The summed E-state index contributed by atoms with van der Waals surface area (Å²) in [6.07, 6.45) is 46.9. The molecule has 0 aromatic rings. The van der Waals surface area contributed by atoms with E-state index in [0.717, 1.165) is 38.5 Å². The Morgan fingerprint density at radius 3 is 1.32 bits per heavy atom. The molecule has 0 spiro atoms. The Morgan fingerprint density at radius 1 is 0.500 bits per heavy atom. The fourth-order valence-corrected chi connectivity index (χ4v) is 7.63. The Bertz CT molecular complexity index is 1120. The summed E-state index contributed by atoms with van der Waals surface area (Å²) in [5, 5.41) is 8.90. The molecule has 0 rings (SSSR count). The summed E-state index contributed by atoms with van der Waals surface area (Å²) in [5.41, 5.74) is 5.34. The van der Waals surface area contributed by atoms with Crippen molar-refractivity contribution in [2.24, 2.45) is 5.73 Å². The minimum atomic E-state index is -4.72. The first-order chi connectivity index (χ1) is 29.1. The third kappa shape index (κ3) is 42.6. The third-order valence-electron chi connectivity index (χ3n) is 10.7. The first kappa shape index (κ1) is 58.0. The van der Waals surface area contributed by atoms with Gasteiger partial charge in [0.05, 0.1) is 13.2 Å². The van der Waals surface area contributed by atoms with Gasteiger partial charge in [-0.1, -0.05) is 199 Å². The number of hydrogen-bond acceptors (Lipinski definition) is 9. The van der Waals surface area contributed by atoms with E-state index in [9.17, 15) is 23.8 Å². The SMILES string of the molecule is CCCCCCCCCCCCCCCC/C=C/CC/C=C/CCCC(=O)O[C@@H](COC(=O)CCCCCCCCCCCCCCC)COP(=O)(O)OC[C@H](N)C(=O)O. The predicted molar refractivity (Wildman–Crippen MR) is 245 cm³/mol. The van der Waals surface area contributed by atoms with Crippen LogP contribution in [0.15, 0.2) is 24.3 Å². The van der Waals surface area contributed by atoms with Crippen LogP contribution in [0.2, 0.25) is 0 Å². The molecule has 1 unspecified atom stereocenters. The van der Waals surface area contributed by atoms with Crippen LogP contribution in [0.25, 0.3) is 0 Å². The highest BCUT2D eigenvalue weighted by atomic mass is 31.2. The van der Waals surface area contributed by atoms with E-state index >= 15 is 0 Å². The number of phosphoric ester groups is 1. The van der Waals surface area contributed by atoms with Gasteiger partial charge in [0.15, 0.2) is 6.10 Å². The molecule has 60 heavy (non-hydrogen) atoms. The van der Waals surface area contributed by atoms with Gasteiger partial charge in [0.1, 0.15) is 12.6 Å². The molecule has 0 aliphatic carbocycles. The second kappa shape index (κ2) is 43.6. The number of aliphatic carboxylic acids is 1. The molecule has 0 amide bonds. The number of rotatable bonds is 46. The maximum absolute atomic E-state index is 12.6. The molecule has 11 nitrogen and oxygen atoms in total. The number of carboxylic acids is 1. The molecule has 0 bridgehead atoms. The molecular formula is C48H90NO10P. The summed E-state index contributed by atoms with van der Waals surface area (Å²) in [7, 11) is -4.72. The zero-order valence-electron chi connectivity index (χ0n) is 38.3. The summed E-state index contributed by atoms with van der Waals surface area (Å²) in [4.78, 5) is 46.0. The van der Waals surface area contributed by atoms with Crippen LogP contribution >= 0.6 is 7.82 Å². The largest absolute Gasteiger partial charge is 0.480 e. The van der Waals surface area contributed by atoms with Crippen molar-refractivity contribution in [3.05, 3.63) is 24.3 Å². The summed E-state index contributed by atoms with van der Waals surface area (Å²) in [6.45, 7) is 2.80. The number of unbranched alkanes of at least 4 members (excludes halogenated alkanes) is 28. The van der Waals surface area contributed by atoms with Crippen LogP contribution in [-0.4, -0.2) is 59.9 Å². The van der Waals surface area contributed by atoms with Crippen LogP contribution in [0.1, 0.15) is 232 Å². The third-order valence-corrected chi connectivity index (χ3v) is 11.6. The zero-order valence-corrected chi connectivity index (χ0v) is 39.2. The Balaban J connectivity index is 4.28. The Morgan fingerprint density at radius 2 is 0.867 bits per heavy atom. The number of carbonyl (C=O) groups is 3. The molecule has 0 heterocycles. The van der Waals surface area contributed by atoms with Crippen molar-refractivity contribution >= 4 is 25.7 Å². The molecule has 0 aliphatic heterocycles. The van der Waals surface area contributed by atoms with E-state index in [-0.39, 0.29) is 19.4 Å². The van der Waals surface area contributed by atoms with Crippen molar-refractivity contribution in [1.29, 1.82) is 0 Å². The lowest BCUT2D eigenvalue weighted by Gasteiger charge is -2.20. The molecule has 3 atom stereocenters. The topological polar surface area (TPSA) is 172 Å². The Kier molecular flexibility index (Phi) is 42.1. The lowest BCUT2D eigenvalue weighted by atomic mass is 10.0. The van der Waals surface area contributed by atoms with Crippen LogP contribution in [0, 0.1) is 0 Å². The molecule has 0 aromatic carbocycles. The standard InChI is InChI=1S/C48H90NO10P/c1-3-5-7-9-11-13-15-17-18-19-20-21-22-23-24-25-26-28-30-32-34-36-38-40-47(51)59-44(42-57-60(54,55)58-43-45(49)48(52)53)41-56-46(50)39-37-35-33-31-29-27-16-14-12-10-8-6-4-2/h25-26,32,34,44-45H,3-24,27-31,33,35-43,49H2,1-2H3,(H,52,53)(H,54,55)/b26-25+,34-32+/t44-,45-/m0/s1. The number of phosphoric acid groups is 1. The van der Waals surface area contributed by atoms with Crippen molar-refractivity contribution < 1.29 is 47.5 Å². The average Bonchev–Trinajstić information content (AvgIpc) is 3.22. The van der Waals surface area contributed by atoms with E-state index in [2.05, 4.69) is 42.7 Å². The van der Waals surface area contributed by atoms with Crippen LogP contribution in [0.4, 0.5) is 0 Å². The van der Waals surface area contributed by atoms with Gasteiger partial charge < -0.3 is 25.2 Å². The van der Waals surface area contributed by atoms with Gasteiger partial charge in [-0.15, -0.1) is 0 Å². The number of nitrogens with two attached hydrogens (primary N) is 1. The number of allylic oxidation sites excluding steroid dienone is 4. The fraction of sp³-hybridized carbons (Fsp3) is 0.854. The minimum absolute atomic E-state index is 0.105. The zero-order chi connectivity index (χ0) is 44.2. The number of carbonyl (C=O) groups excluding carboxylic acids is 2. The van der Waals surface area contributed by atoms with Crippen molar-refractivity contribution in [2.45, 2.75) is 244 Å². The molecule has 12 heteroatoms. The summed E-state index contributed by atoms with van der Waals surface area (Å²) in [5.74, 6) is -2.42. The molecule has 0 aliphatic rings. The Hall–Kier alpha value is -2.04. The highest BCUT2D eigenvalue weighted by molar-refractivity contribution is 7.47. The monoisotopic (exact) mass is 872 g/mol. The molecule has 0 fully saturated rings. The lowest BCUT2D eigenvalue weighted by Crippen LogP contribution is -2.34. The van der Waals surface area contributed by atoms with Crippen molar-refractivity contribution in [2.75, 3.05) is 19.8 Å². The van der Waals surface area contributed by atoms with E-state index in [4.69, 9.17) is 24.8 Å². The van der Waals surface area contributed by atoms with Crippen LogP contribution < -0.4 is 5.73 Å². The molecular weight excluding hydrogens is 781 g/mol. The summed E-state index contributed by atoms with van der Waals surface area (Å²) < 4.78 is 32.7. The summed E-state index contributed by atoms with van der Waals surface area (Å²) in [6, 6.07) is -1.53. The molecule has 0 radical (unpaired) electrons. The van der Waals surface area contributed by atoms with E-state index in [1.807, 2.05) is 0 Å². The van der Waals surface area contributed by atoms with Crippen molar-refractivity contribution in [1.82, 2.24) is 0 Å². The lowest BCUT2D eigenvalue weighted by molar-refractivity contribution is -0.161. The van der Waals surface area contributed by atoms with Gasteiger partial charge in [-0.25, -0.2) is 4.57 Å². The molecule has 0 aromatic heterocycles. The van der Waals surface area contributed by atoms with Crippen molar-refractivity contribution in [3.63, 3.8) is 0 Å². The Labute approximate surface area is 366 Å². The second-order valence-electron chi connectivity index (χ2n) is 16.6.